The zero-order valence-electron chi connectivity index (χ0n) is 6.43. The summed E-state index contributed by atoms with van der Waals surface area (Å²) in [6.07, 6.45) is 0.685. The lowest BCUT2D eigenvalue weighted by Gasteiger charge is -2.04. The van der Waals surface area contributed by atoms with Crippen LogP contribution in [0.2, 0.25) is 0 Å². The van der Waals surface area contributed by atoms with E-state index < -0.39 is 0 Å². The van der Waals surface area contributed by atoms with Crippen LogP contribution in [0.4, 0.5) is 0 Å². The molecule has 12 heavy (non-hydrogen) atoms. The van der Waals surface area contributed by atoms with Gasteiger partial charge in [0.15, 0.2) is 0 Å². The summed E-state index contributed by atoms with van der Waals surface area (Å²) in [6, 6.07) is 9.71. The van der Waals surface area contributed by atoms with E-state index in [1.807, 2.05) is 30.3 Å². The van der Waals surface area contributed by atoms with Gasteiger partial charge in [-0.1, -0.05) is 35.4 Å². The molecule has 0 N–H and O–H groups in total. The summed E-state index contributed by atoms with van der Waals surface area (Å²) in [6.45, 7) is 0.298. The first-order chi connectivity index (χ1) is 5.93. The Kier molecular flexibility index (Phi) is 4.33. The second-order valence-electron chi connectivity index (χ2n) is 2.19. The molecule has 0 aliphatic carbocycles. The molecule has 0 saturated heterocycles. The molecule has 0 saturated carbocycles. The van der Waals surface area contributed by atoms with Gasteiger partial charge in [-0.2, -0.15) is 0 Å². The van der Waals surface area contributed by atoms with Crippen molar-refractivity contribution in [3.63, 3.8) is 0 Å². The van der Waals surface area contributed by atoms with Crippen molar-refractivity contribution in [2.24, 2.45) is 0 Å². The molecule has 0 spiro atoms. The molecule has 0 heterocycles. The van der Waals surface area contributed by atoms with Crippen molar-refractivity contribution in [3.05, 3.63) is 35.9 Å². The standard InChI is InChI=1S/C8H10O4/c9-11-12-10-7-6-8-4-2-1-3-5-8/h1-5,9H,6-7H2/p-1. The Labute approximate surface area is 70.1 Å². The van der Waals surface area contributed by atoms with Crippen molar-refractivity contribution in [1.82, 2.24) is 0 Å². The van der Waals surface area contributed by atoms with Gasteiger partial charge in [0.1, 0.15) is 0 Å². The molecule has 66 valence electrons. The van der Waals surface area contributed by atoms with E-state index in [9.17, 15) is 5.26 Å². The minimum atomic E-state index is 0.298. The molecule has 1 aromatic carbocycles. The van der Waals surface area contributed by atoms with Gasteiger partial charge in [-0.05, 0) is 12.0 Å². The highest BCUT2D eigenvalue weighted by Crippen LogP contribution is 1.99. The average molecular weight is 169 g/mol. The van der Waals surface area contributed by atoms with E-state index in [4.69, 9.17) is 0 Å². The summed E-state index contributed by atoms with van der Waals surface area (Å²) < 4.78 is 0. The normalized spacial score (nSPS) is 10.1. The van der Waals surface area contributed by atoms with Gasteiger partial charge in [0.2, 0.25) is 0 Å². The third-order valence-corrected chi connectivity index (χ3v) is 1.39. The summed E-state index contributed by atoms with van der Waals surface area (Å²) in [5.41, 5.74) is 1.12. The van der Waals surface area contributed by atoms with Gasteiger partial charge >= 0.3 is 0 Å². The molecule has 0 radical (unpaired) electrons. The number of benzene rings is 1. The molecule has 1 aromatic rings. The Hall–Kier alpha value is -0.940. The van der Waals surface area contributed by atoms with Crippen LogP contribution < -0.4 is 5.26 Å². The van der Waals surface area contributed by atoms with Crippen LogP contribution in [0.15, 0.2) is 30.3 Å². The Morgan fingerprint density at radius 1 is 1.17 bits per heavy atom. The largest absolute Gasteiger partial charge is 0.690 e. The van der Waals surface area contributed by atoms with Crippen LogP contribution in [0.3, 0.4) is 0 Å². The van der Waals surface area contributed by atoms with Gasteiger partial charge in [0.25, 0.3) is 0 Å². The Morgan fingerprint density at radius 3 is 2.58 bits per heavy atom. The van der Waals surface area contributed by atoms with Crippen molar-refractivity contribution >= 4 is 0 Å². The average Bonchev–Trinajstić information content (AvgIpc) is 2.14. The molecule has 4 heteroatoms. The highest BCUT2D eigenvalue weighted by atomic mass is 17.6. The molecule has 0 atom stereocenters. The topological polar surface area (TPSA) is 50.8 Å². The molecule has 0 bridgehead atoms. The third kappa shape index (κ3) is 3.45. The smallest absolute Gasteiger partial charge is 0.0893 e. The van der Waals surface area contributed by atoms with Crippen LogP contribution in [0.1, 0.15) is 5.56 Å². The molecule has 1 rings (SSSR count). The molecular formula is C8H9O4-. The van der Waals surface area contributed by atoms with E-state index in [1.165, 1.54) is 0 Å². The highest BCUT2D eigenvalue weighted by Gasteiger charge is 1.90. The van der Waals surface area contributed by atoms with Crippen LogP contribution in [-0.4, -0.2) is 6.61 Å². The second kappa shape index (κ2) is 5.68. The van der Waals surface area contributed by atoms with E-state index in [-0.39, 0.29) is 0 Å². The Balaban J connectivity index is 2.16. The van der Waals surface area contributed by atoms with Crippen LogP contribution in [-0.2, 0) is 21.4 Å². The molecule has 0 fully saturated rings. The van der Waals surface area contributed by atoms with Gasteiger partial charge in [0, 0.05) is 0 Å². The number of rotatable bonds is 5. The van der Waals surface area contributed by atoms with Crippen molar-refractivity contribution in [1.29, 1.82) is 0 Å². The monoisotopic (exact) mass is 169 g/mol. The SMILES string of the molecule is [O-]OOOCCc1ccccc1. The van der Waals surface area contributed by atoms with E-state index in [1.54, 1.807) is 0 Å². The predicted molar refractivity (Wildman–Crippen MR) is 38.3 cm³/mol. The minimum Gasteiger partial charge on any atom is -0.690 e. The van der Waals surface area contributed by atoms with E-state index >= 15 is 0 Å². The van der Waals surface area contributed by atoms with Gasteiger partial charge in [-0.15, -0.1) is 0 Å². The van der Waals surface area contributed by atoms with Crippen LogP contribution in [0, 0.1) is 0 Å². The lowest BCUT2D eigenvalue weighted by molar-refractivity contribution is -0.849. The third-order valence-electron chi connectivity index (χ3n) is 1.39. The maximum Gasteiger partial charge on any atom is 0.0893 e. The predicted octanol–water partition coefficient (Wildman–Crippen LogP) is 0.384. The number of hydrogen-bond acceptors (Lipinski definition) is 4. The van der Waals surface area contributed by atoms with Crippen molar-refractivity contribution in [2.45, 2.75) is 6.42 Å². The molecule has 0 aromatic heterocycles. The lowest BCUT2D eigenvalue weighted by Crippen LogP contribution is -2.08. The maximum atomic E-state index is 9.29. The fourth-order valence-electron chi connectivity index (χ4n) is 0.858. The molecule has 0 aliphatic rings. The van der Waals surface area contributed by atoms with Gasteiger partial charge in [-0.3, -0.25) is 5.04 Å². The maximum absolute atomic E-state index is 9.29. The molecule has 0 amide bonds. The summed E-state index contributed by atoms with van der Waals surface area (Å²) in [5, 5.41) is 16.0. The quantitative estimate of drug-likeness (QED) is 0.363. The van der Waals surface area contributed by atoms with Gasteiger partial charge in [-0.25, -0.2) is 4.89 Å². The zero-order valence-corrected chi connectivity index (χ0v) is 6.43. The van der Waals surface area contributed by atoms with Crippen LogP contribution >= 0.6 is 0 Å². The minimum absolute atomic E-state index is 0.298. The lowest BCUT2D eigenvalue weighted by atomic mass is 10.2. The highest BCUT2D eigenvalue weighted by molar-refractivity contribution is 5.14. The number of hydrogen-bond donors (Lipinski definition) is 0. The first-order valence-electron chi connectivity index (χ1n) is 3.55. The fourth-order valence-corrected chi connectivity index (χ4v) is 0.858. The van der Waals surface area contributed by atoms with Gasteiger partial charge in [0.05, 0.1) is 6.61 Å². The van der Waals surface area contributed by atoms with E-state index in [2.05, 4.69) is 15.0 Å². The molecule has 0 unspecified atom stereocenters. The molecular weight excluding hydrogens is 160 g/mol. The van der Waals surface area contributed by atoms with Crippen molar-refractivity contribution in [2.75, 3.05) is 6.61 Å². The summed E-state index contributed by atoms with van der Waals surface area (Å²) in [5.74, 6) is 0. The Bertz CT molecular complexity index is 199. The summed E-state index contributed by atoms with van der Waals surface area (Å²) in [7, 11) is 0. The van der Waals surface area contributed by atoms with E-state index in [0.29, 0.717) is 13.0 Å². The zero-order chi connectivity index (χ0) is 8.65. The first-order valence-corrected chi connectivity index (χ1v) is 3.55. The molecule has 0 aliphatic heterocycles. The first kappa shape index (κ1) is 9.15. The van der Waals surface area contributed by atoms with Crippen LogP contribution in [0.5, 0.6) is 0 Å². The fraction of sp³-hybridized carbons (Fsp3) is 0.250. The summed E-state index contributed by atoms with van der Waals surface area (Å²) >= 11 is 0. The molecule has 4 nitrogen and oxygen atoms in total. The van der Waals surface area contributed by atoms with Crippen molar-refractivity contribution in [3.8, 4) is 0 Å². The second-order valence-corrected chi connectivity index (χ2v) is 2.19. The summed E-state index contributed by atoms with van der Waals surface area (Å²) in [4.78, 5) is 4.35. The van der Waals surface area contributed by atoms with Crippen molar-refractivity contribution < 1.29 is 20.2 Å². The van der Waals surface area contributed by atoms with Crippen LogP contribution in [0.25, 0.3) is 0 Å². The van der Waals surface area contributed by atoms with E-state index in [0.717, 1.165) is 5.56 Å². The van der Waals surface area contributed by atoms with Gasteiger partial charge < -0.3 is 5.26 Å². The Morgan fingerprint density at radius 2 is 1.92 bits per heavy atom.